The third-order valence-electron chi connectivity index (χ3n) is 7.35. The molecule has 5 heteroatoms. The van der Waals surface area contributed by atoms with Gasteiger partial charge in [0.05, 0.1) is 5.57 Å². The second-order valence-corrected chi connectivity index (χ2v) is 10.1. The van der Waals surface area contributed by atoms with Crippen molar-refractivity contribution in [3.63, 3.8) is 0 Å². The standard InChI is InChI=1S/C29H30ClNO3/c1-18-26(29(33)34-23-10-6-3-7-11-23)27(20-12-14-22(30)15-13-20)28-24(31-18)16-21(17-25(28)32)19-8-4-2-5-9-19/h2,4-5,8-9,12-15,21,23,27,31H,3,6-7,10-11,16-17H2,1H3/t21-,27+/m1/s1. The number of hydrogen-bond acceptors (Lipinski definition) is 4. The van der Waals surface area contributed by atoms with Gasteiger partial charge in [0.1, 0.15) is 6.10 Å². The number of ether oxygens (including phenoxy) is 1. The summed E-state index contributed by atoms with van der Waals surface area (Å²) in [6.45, 7) is 1.92. The summed E-state index contributed by atoms with van der Waals surface area (Å²) in [6, 6.07) is 17.7. The molecule has 176 valence electrons. The highest BCUT2D eigenvalue weighted by Crippen LogP contribution is 2.46. The van der Waals surface area contributed by atoms with E-state index in [9.17, 15) is 9.59 Å². The molecule has 4 nitrogen and oxygen atoms in total. The van der Waals surface area contributed by atoms with Crippen LogP contribution in [0.3, 0.4) is 0 Å². The number of Topliss-reactive ketones (excluding diaryl/α,β-unsaturated/α-hetero) is 1. The second-order valence-electron chi connectivity index (χ2n) is 9.64. The Kier molecular flexibility index (Phi) is 6.60. The SMILES string of the molecule is CC1=C(C(=O)OC2CCCCC2)[C@H](c2ccc(Cl)cc2)C2=C(C[C@@H](c3ccccc3)CC2=O)N1. The summed E-state index contributed by atoms with van der Waals surface area (Å²) in [5, 5.41) is 4.06. The van der Waals surface area contributed by atoms with Crippen LogP contribution < -0.4 is 5.32 Å². The molecule has 5 rings (SSSR count). The van der Waals surface area contributed by atoms with E-state index < -0.39 is 5.92 Å². The van der Waals surface area contributed by atoms with Crippen LogP contribution in [0.2, 0.25) is 5.02 Å². The maximum Gasteiger partial charge on any atom is 0.337 e. The molecule has 2 aromatic rings. The van der Waals surface area contributed by atoms with Gasteiger partial charge in [0.15, 0.2) is 5.78 Å². The van der Waals surface area contributed by atoms with E-state index in [0.717, 1.165) is 54.6 Å². The maximum absolute atomic E-state index is 13.6. The van der Waals surface area contributed by atoms with Crippen molar-refractivity contribution >= 4 is 23.4 Å². The summed E-state index contributed by atoms with van der Waals surface area (Å²) in [5.74, 6) is -0.567. The van der Waals surface area contributed by atoms with Crippen LogP contribution in [-0.2, 0) is 14.3 Å². The van der Waals surface area contributed by atoms with E-state index in [4.69, 9.17) is 16.3 Å². The van der Waals surface area contributed by atoms with Crippen LogP contribution in [0.25, 0.3) is 0 Å². The lowest BCUT2D eigenvalue weighted by Crippen LogP contribution is -2.37. The topological polar surface area (TPSA) is 55.4 Å². The average Bonchev–Trinajstić information content (AvgIpc) is 2.84. The molecule has 0 aromatic heterocycles. The fourth-order valence-corrected chi connectivity index (χ4v) is 5.78. The number of carbonyl (C=O) groups is 2. The fourth-order valence-electron chi connectivity index (χ4n) is 5.66. The van der Waals surface area contributed by atoms with Gasteiger partial charge in [-0.2, -0.15) is 0 Å². The van der Waals surface area contributed by atoms with Gasteiger partial charge in [-0.15, -0.1) is 0 Å². The van der Waals surface area contributed by atoms with Gasteiger partial charge in [-0.1, -0.05) is 60.5 Å². The molecule has 2 atom stereocenters. The number of nitrogens with one attached hydrogen (secondary N) is 1. The minimum atomic E-state index is -0.450. The zero-order valence-corrected chi connectivity index (χ0v) is 20.2. The minimum absolute atomic E-state index is 0.0488. The molecule has 1 N–H and O–H groups in total. The van der Waals surface area contributed by atoms with Gasteiger partial charge in [0, 0.05) is 34.3 Å². The zero-order valence-electron chi connectivity index (χ0n) is 19.5. The predicted octanol–water partition coefficient (Wildman–Crippen LogP) is 6.58. The molecule has 0 amide bonds. The van der Waals surface area contributed by atoms with Crippen LogP contribution in [0.1, 0.15) is 74.8 Å². The van der Waals surface area contributed by atoms with Gasteiger partial charge in [0.2, 0.25) is 0 Å². The molecule has 1 aliphatic heterocycles. The molecule has 0 spiro atoms. The molecule has 3 aliphatic rings. The van der Waals surface area contributed by atoms with Crippen molar-refractivity contribution in [2.75, 3.05) is 0 Å². The molecule has 0 unspecified atom stereocenters. The quantitative estimate of drug-likeness (QED) is 0.507. The van der Waals surface area contributed by atoms with Gasteiger partial charge in [0.25, 0.3) is 0 Å². The molecule has 0 bridgehead atoms. The highest BCUT2D eigenvalue weighted by Gasteiger charge is 2.41. The van der Waals surface area contributed by atoms with E-state index in [0.29, 0.717) is 22.6 Å². The number of dihydropyridines is 1. The Hall–Kier alpha value is -2.85. The number of halogens is 1. The molecule has 1 saturated carbocycles. The van der Waals surface area contributed by atoms with Gasteiger partial charge in [-0.05, 0) is 68.2 Å². The number of hydrogen-bond donors (Lipinski definition) is 1. The van der Waals surface area contributed by atoms with E-state index in [1.54, 1.807) is 0 Å². The van der Waals surface area contributed by atoms with Crippen LogP contribution in [-0.4, -0.2) is 17.9 Å². The summed E-state index contributed by atoms with van der Waals surface area (Å²) in [5.41, 5.74) is 4.96. The number of carbonyl (C=O) groups excluding carboxylic acids is 2. The normalized spacial score (nSPS) is 23.4. The largest absolute Gasteiger partial charge is 0.459 e. The summed E-state index contributed by atoms with van der Waals surface area (Å²) in [4.78, 5) is 27.1. The van der Waals surface area contributed by atoms with Crippen molar-refractivity contribution in [3.05, 3.63) is 93.3 Å². The molecule has 0 saturated heterocycles. The number of benzene rings is 2. The second kappa shape index (κ2) is 9.79. The Morgan fingerprint density at radius 1 is 0.941 bits per heavy atom. The molecular weight excluding hydrogens is 446 g/mol. The van der Waals surface area contributed by atoms with E-state index >= 15 is 0 Å². The highest BCUT2D eigenvalue weighted by molar-refractivity contribution is 6.30. The first-order valence-corrected chi connectivity index (χ1v) is 12.6. The first-order valence-electron chi connectivity index (χ1n) is 12.3. The highest BCUT2D eigenvalue weighted by atomic mass is 35.5. The van der Waals surface area contributed by atoms with Crippen molar-refractivity contribution in [1.82, 2.24) is 5.32 Å². The Morgan fingerprint density at radius 3 is 2.35 bits per heavy atom. The third kappa shape index (κ3) is 4.56. The fraction of sp³-hybridized carbons (Fsp3) is 0.379. The molecule has 0 radical (unpaired) electrons. The molecule has 1 fully saturated rings. The van der Waals surface area contributed by atoms with Gasteiger partial charge >= 0.3 is 5.97 Å². The molecule has 2 aliphatic carbocycles. The molecular formula is C29H30ClNO3. The lowest BCUT2D eigenvalue weighted by atomic mass is 9.71. The van der Waals surface area contributed by atoms with E-state index in [1.807, 2.05) is 49.4 Å². The summed E-state index contributed by atoms with van der Waals surface area (Å²) in [7, 11) is 0. The van der Waals surface area contributed by atoms with Crippen LogP contribution in [0.15, 0.2) is 77.1 Å². The summed E-state index contributed by atoms with van der Waals surface area (Å²) < 4.78 is 5.99. The van der Waals surface area contributed by atoms with Crippen LogP contribution >= 0.6 is 11.6 Å². The van der Waals surface area contributed by atoms with Gasteiger partial charge < -0.3 is 10.1 Å². The van der Waals surface area contributed by atoms with Crippen LogP contribution in [0, 0.1) is 0 Å². The number of ketones is 1. The molecule has 2 aromatic carbocycles. The average molecular weight is 476 g/mol. The Balaban J connectivity index is 1.52. The predicted molar refractivity (Wildman–Crippen MR) is 133 cm³/mol. The van der Waals surface area contributed by atoms with Crippen molar-refractivity contribution in [2.24, 2.45) is 0 Å². The molecule has 34 heavy (non-hydrogen) atoms. The van der Waals surface area contributed by atoms with Crippen molar-refractivity contribution in [3.8, 4) is 0 Å². The van der Waals surface area contributed by atoms with E-state index in [1.165, 1.54) is 6.42 Å². The lowest BCUT2D eigenvalue weighted by molar-refractivity contribution is -0.146. The minimum Gasteiger partial charge on any atom is -0.459 e. The number of esters is 1. The summed E-state index contributed by atoms with van der Waals surface area (Å²) >= 11 is 6.17. The Morgan fingerprint density at radius 2 is 1.65 bits per heavy atom. The first kappa shape index (κ1) is 22.9. The third-order valence-corrected chi connectivity index (χ3v) is 7.60. The van der Waals surface area contributed by atoms with Crippen molar-refractivity contribution < 1.29 is 14.3 Å². The summed E-state index contributed by atoms with van der Waals surface area (Å²) in [6.07, 6.45) is 6.29. The van der Waals surface area contributed by atoms with E-state index in [2.05, 4.69) is 17.4 Å². The Bertz CT molecular complexity index is 1140. The van der Waals surface area contributed by atoms with Crippen LogP contribution in [0.5, 0.6) is 0 Å². The zero-order chi connectivity index (χ0) is 23.7. The number of rotatable bonds is 4. The molecule has 1 heterocycles. The van der Waals surface area contributed by atoms with Crippen molar-refractivity contribution in [2.45, 2.75) is 69.8 Å². The van der Waals surface area contributed by atoms with Gasteiger partial charge in [-0.25, -0.2) is 4.79 Å². The van der Waals surface area contributed by atoms with Crippen LogP contribution in [0.4, 0.5) is 0 Å². The number of allylic oxidation sites excluding steroid dienone is 3. The maximum atomic E-state index is 13.6. The van der Waals surface area contributed by atoms with Crippen molar-refractivity contribution in [1.29, 1.82) is 0 Å². The lowest BCUT2D eigenvalue weighted by Gasteiger charge is -2.37. The first-order chi connectivity index (χ1) is 16.5. The monoisotopic (exact) mass is 475 g/mol. The smallest absolute Gasteiger partial charge is 0.337 e. The van der Waals surface area contributed by atoms with E-state index in [-0.39, 0.29) is 23.8 Å². The Labute approximate surface area is 206 Å². The van der Waals surface area contributed by atoms with Gasteiger partial charge in [-0.3, -0.25) is 4.79 Å².